The lowest BCUT2D eigenvalue weighted by Gasteiger charge is -2.25. The van der Waals surface area contributed by atoms with E-state index in [0.29, 0.717) is 12.8 Å². The van der Waals surface area contributed by atoms with Crippen LogP contribution in [0.1, 0.15) is 57.1 Å². The summed E-state index contributed by atoms with van der Waals surface area (Å²) >= 11 is 1.62. The summed E-state index contributed by atoms with van der Waals surface area (Å²) in [5.74, 6) is -0.0874. The van der Waals surface area contributed by atoms with Crippen molar-refractivity contribution in [3.63, 3.8) is 0 Å². The second kappa shape index (κ2) is 6.21. The lowest BCUT2D eigenvalue weighted by molar-refractivity contribution is -0.129. The largest absolute Gasteiger partial charge is 0.348 e. The molecule has 19 heavy (non-hydrogen) atoms. The Bertz CT molecular complexity index is 453. The van der Waals surface area contributed by atoms with Gasteiger partial charge in [0, 0.05) is 0 Å². The Hall–Kier alpha value is -1.34. The summed E-state index contributed by atoms with van der Waals surface area (Å²) in [6, 6.07) is 4.29. The maximum absolute atomic E-state index is 12.5. The summed E-state index contributed by atoms with van der Waals surface area (Å²) in [6.07, 6.45) is 5.63. The highest BCUT2D eigenvalue weighted by Crippen LogP contribution is 2.35. The number of nitrogens with one attached hydrogen (secondary N) is 1. The summed E-state index contributed by atoms with van der Waals surface area (Å²) in [6.45, 7) is 1.97. The van der Waals surface area contributed by atoms with Crippen LogP contribution in [0.15, 0.2) is 16.8 Å². The molecular weight excluding hydrogens is 256 g/mol. The number of amides is 1. The molecule has 1 aromatic rings. The second-order valence-electron chi connectivity index (χ2n) is 5.36. The maximum atomic E-state index is 12.5. The third-order valence-corrected chi connectivity index (χ3v) is 4.70. The number of nitriles is 1. The van der Waals surface area contributed by atoms with E-state index in [-0.39, 0.29) is 11.9 Å². The molecular formula is C15H20N2OS. The third kappa shape index (κ3) is 3.16. The van der Waals surface area contributed by atoms with Crippen molar-refractivity contribution < 1.29 is 4.79 Å². The van der Waals surface area contributed by atoms with Crippen molar-refractivity contribution in [1.29, 1.82) is 5.26 Å². The first-order valence-electron chi connectivity index (χ1n) is 6.92. The molecule has 1 aliphatic carbocycles. The molecule has 0 aliphatic heterocycles. The van der Waals surface area contributed by atoms with E-state index < -0.39 is 5.41 Å². The number of carbonyl (C=O) groups excluding carboxylic acids is 1. The van der Waals surface area contributed by atoms with Gasteiger partial charge in [-0.25, -0.2) is 0 Å². The number of hydrogen-bond acceptors (Lipinski definition) is 3. The quantitative estimate of drug-likeness (QED) is 0.854. The zero-order chi connectivity index (χ0) is 13.7. The molecule has 0 aromatic carbocycles. The summed E-state index contributed by atoms with van der Waals surface area (Å²) in [7, 11) is 0. The number of thiophene rings is 1. The van der Waals surface area contributed by atoms with Gasteiger partial charge in [-0.1, -0.05) is 25.7 Å². The number of carbonyl (C=O) groups is 1. The molecule has 102 valence electrons. The minimum atomic E-state index is -0.805. The van der Waals surface area contributed by atoms with E-state index in [9.17, 15) is 10.1 Å². The smallest absolute Gasteiger partial charge is 0.240 e. The van der Waals surface area contributed by atoms with E-state index in [0.717, 1.165) is 31.2 Å². The van der Waals surface area contributed by atoms with Gasteiger partial charge in [-0.15, -0.1) is 0 Å². The van der Waals surface area contributed by atoms with Gasteiger partial charge < -0.3 is 5.32 Å². The highest BCUT2D eigenvalue weighted by atomic mass is 32.1. The monoisotopic (exact) mass is 276 g/mol. The van der Waals surface area contributed by atoms with Crippen molar-refractivity contribution in [1.82, 2.24) is 5.32 Å². The highest BCUT2D eigenvalue weighted by Gasteiger charge is 2.39. The summed E-state index contributed by atoms with van der Waals surface area (Å²) in [5, 5.41) is 16.5. The van der Waals surface area contributed by atoms with Crippen LogP contribution >= 0.6 is 11.3 Å². The van der Waals surface area contributed by atoms with Gasteiger partial charge >= 0.3 is 0 Å². The molecule has 1 N–H and O–H groups in total. The van der Waals surface area contributed by atoms with Gasteiger partial charge in [-0.05, 0) is 42.2 Å². The Labute approximate surface area is 118 Å². The SMILES string of the molecule is CC(NC(=O)C1(C#N)CCCCCC1)c1ccsc1. The molecule has 0 saturated heterocycles. The van der Waals surface area contributed by atoms with Crippen molar-refractivity contribution in [2.75, 3.05) is 0 Å². The van der Waals surface area contributed by atoms with Crippen LogP contribution < -0.4 is 5.32 Å². The molecule has 1 heterocycles. The minimum Gasteiger partial charge on any atom is -0.348 e. The van der Waals surface area contributed by atoms with Crippen molar-refractivity contribution >= 4 is 17.2 Å². The van der Waals surface area contributed by atoms with Gasteiger partial charge in [0.15, 0.2) is 0 Å². The van der Waals surface area contributed by atoms with Crippen LogP contribution in [0.5, 0.6) is 0 Å². The van der Waals surface area contributed by atoms with Crippen molar-refractivity contribution in [2.24, 2.45) is 5.41 Å². The van der Waals surface area contributed by atoms with Crippen molar-refractivity contribution in [3.05, 3.63) is 22.4 Å². The van der Waals surface area contributed by atoms with Crippen molar-refractivity contribution in [2.45, 2.75) is 51.5 Å². The Morgan fingerprint density at radius 2 is 2.11 bits per heavy atom. The molecule has 1 amide bonds. The molecule has 0 spiro atoms. The number of rotatable bonds is 3. The second-order valence-corrected chi connectivity index (χ2v) is 6.14. The van der Waals surface area contributed by atoms with Gasteiger partial charge in [0.2, 0.25) is 5.91 Å². The Kier molecular flexibility index (Phi) is 4.60. The lowest BCUT2D eigenvalue weighted by Crippen LogP contribution is -2.40. The van der Waals surface area contributed by atoms with Gasteiger partial charge in [0.25, 0.3) is 0 Å². The lowest BCUT2D eigenvalue weighted by atomic mass is 9.80. The first-order chi connectivity index (χ1) is 9.18. The normalized spacial score (nSPS) is 20.0. The summed E-state index contributed by atoms with van der Waals surface area (Å²) in [4.78, 5) is 12.5. The van der Waals surface area contributed by atoms with Crippen LogP contribution in [-0.4, -0.2) is 5.91 Å². The van der Waals surface area contributed by atoms with Crippen LogP contribution in [-0.2, 0) is 4.79 Å². The third-order valence-electron chi connectivity index (χ3n) is 4.00. The highest BCUT2D eigenvalue weighted by molar-refractivity contribution is 7.07. The van der Waals surface area contributed by atoms with Crippen LogP contribution in [0.2, 0.25) is 0 Å². The van der Waals surface area contributed by atoms with Crippen LogP contribution in [0.25, 0.3) is 0 Å². The summed E-state index contributed by atoms with van der Waals surface area (Å²) < 4.78 is 0. The van der Waals surface area contributed by atoms with E-state index >= 15 is 0 Å². The number of nitrogens with zero attached hydrogens (tertiary/aromatic N) is 1. The van der Waals surface area contributed by atoms with E-state index in [2.05, 4.69) is 11.4 Å². The first-order valence-corrected chi connectivity index (χ1v) is 7.86. The van der Waals surface area contributed by atoms with Crippen molar-refractivity contribution in [3.8, 4) is 6.07 Å². The fourth-order valence-electron chi connectivity index (χ4n) is 2.66. The molecule has 1 aliphatic rings. The van der Waals surface area contributed by atoms with Gasteiger partial charge in [-0.3, -0.25) is 4.79 Å². The fraction of sp³-hybridized carbons (Fsp3) is 0.600. The fourth-order valence-corrected chi connectivity index (χ4v) is 3.42. The molecule has 0 bridgehead atoms. The van der Waals surface area contributed by atoms with E-state index in [4.69, 9.17) is 0 Å². The average Bonchev–Trinajstić information content (AvgIpc) is 2.84. The van der Waals surface area contributed by atoms with Gasteiger partial charge in [0.1, 0.15) is 5.41 Å². The molecule has 1 fully saturated rings. The number of hydrogen-bond donors (Lipinski definition) is 1. The maximum Gasteiger partial charge on any atom is 0.240 e. The molecule has 1 unspecified atom stereocenters. The van der Waals surface area contributed by atoms with E-state index in [1.165, 1.54) is 0 Å². The zero-order valence-corrected chi connectivity index (χ0v) is 12.1. The van der Waals surface area contributed by atoms with Gasteiger partial charge in [0.05, 0.1) is 12.1 Å². The first kappa shape index (κ1) is 14.1. The average molecular weight is 276 g/mol. The van der Waals surface area contributed by atoms with Crippen LogP contribution in [0.4, 0.5) is 0 Å². The molecule has 0 radical (unpaired) electrons. The Balaban J connectivity index is 2.06. The topological polar surface area (TPSA) is 52.9 Å². The summed E-state index contributed by atoms with van der Waals surface area (Å²) in [5.41, 5.74) is 0.306. The molecule has 1 aromatic heterocycles. The van der Waals surface area contributed by atoms with Crippen LogP contribution in [0.3, 0.4) is 0 Å². The van der Waals surface area contributed by atoms with Gasteiger partial charge in [-0.2, -0.15) is 16.6 Å². The molecule has 2 rings (SSSR count). The Morgan fingerprint density at radius 3 is 2.63 bits per heavy atom. The standard InChI is InChI=1S/C15H20N2OS/c1-12(13-6-9-19-10-13)17-14(18)15(11-16)7-4-2-3-5-8-15/h6,9-10,12H,2-5,7-8H2,1H3,(H,17,18). The predicted molar refractivity (Wildman–Crippen MR) is 76.6 cm³/mol. The molecule has 3 nitrogen and oxygen atoms in total. The van der Waals surface area contributed by atoms with E-state index in [1.807, 2.05) is 23.8 Å². The molecule has 4 heteroatoms. The van der Waals surface area contributed by atoms with Crippen LogP contribution in [0, 0.1) is 16.7 Å². The Morgan fingerprint density at radius 1 is 1.42 bits per heavy atom. The predicted octanol–water partition coefficient (Wildman–Crippen LogP) is 3.79. The molecule has 1 atom stereocenters. The zero-order valence-electron chi connectivity index (χ0n) is 11.3. The van der Waals surface area contributed by atoms with E-state index in [1.54, 1.807) is 11.3 Å². The molecule has 1 saturated carbocycles. The minimum absolute atomic E-state index is 0.0211.